The largest absolute Gasteiger partial charge is 0.308 e. The van der Waals surface area contributed by atoms with Crippen molar-refractivity contribution in [3.63, 3.8) is 0 Å². The molecule has 3 N–H and O–H groups in total. The van der Waals surface area contributed by atoms with Gasteiger partial charge >= 0.3 is 0 Å². The van der Waals surface area contributed by atoms with Crippen molar-refractivity contribution in [1.82, 2.24) is 20.1 Å². The maximum atomic E-state index is 5.64. The van der Waals surface area contributed by atoms with Gasteiger partial charge in [0, 0.05) is 6.54 Å². The lowest BCUT2D eigenvalue weighted by Gasteiger charge is -2.22. The fourth-order valence-electron chi connectivity index (χ4n) is 1.74. The third-order valence-corrected chi connectivity index (χ3v) is 3.34. The Hall–Kier alpha value is -0.430. The third-order valence-electron chi connectivity index (χ3n) is 2.73. The van der Waals surface area contributed by atoms with Crippen LogP contribution >= 0.6 is 15.9 Å². The van der Waals surface area contributed by atoms with Crippen molar-refractivity contribution in [3.05, 3.63) is 16.4 Å². The number of hydrogen-bond donors (Lipinski definition) is 2. The molecule has 0 saturated heterocycles. The zero-order valence-corrected chi connectivity index (χ0v) is 12.5. The summed E-state index contributed by atoms with van der Waals surface area (Å²) in [4.78, 5) is 2.14. The molecule has 1 heterocycles. The minimum atomic E-state index is 0.106. The highest BCUT2D eigenvalue weighted by Gasteiger charge is 2.21. The van der Waals surface area contributed by atoms with Crippen molar-refractivity contribution in [1.29, 1.82) is 0 Å². The summed E-state index contributed by atoms with van der Waals surface area (Å²) in [6.07, 6.45) is 1.83. The molecule has 0 aliphatic heterocycles. The standard InChI is InChI=1S/C11H22BrN5/c1-8(2)10(15-13)11-9(12)7-14-17(11)6-5-16(3)4/h7-8,10,15H,5-6,13H2,1-4H3. The second-order valence-electron chi connectivity index (χ2n) is 4.79. The summed E-state index contributed by atoms with van der Waals surface area (Å²) < 4.78 is 3.02. The molecule has 0 amide bonds. The molecular weight excluding hydrogens is 282 g/mol. The monoisotopic (exact) mass is 303 g/mol. The molecule has 0 fully saturated rings. The van der Waals surface area contributed by atoms with E-state index in [0.717, 1.165) is 23.3 Å². The van der Waals surface area contributed by atoms with E-state index in [2.05, 4.69) is 59.3 Å². The number of hydrazine groups is 1. The molecule has 17 heavy (non-hydrogen) atoms. The first-order valence-corrected chi connectivity index (χ1v) is 6.58. The Bertz CT molecular complexity index is 348. The highest BCUT2D eigenvalue weighted by Crippen LogP contribution is 2.27. The van der Waals surface area contributed by atoms with Crippen LogP contribution in [-0.2, 0) is 6.54 Å². The quantitative estimate of drug-likeness (QED) is 0.615. The molecule has 0 radical (unpaired) electrons. The van der Waals surface area contributed by atoms with E-state index in [9.17, 15) is 0 Å². The molecule has 1 atom stereocenters. The minimum Gasteiger partial charge on any atom is -0.308 e. The number of hydrogen-bond acceptors (Lipinski definition) is 4. The fourth-order valence-corrected chi connectivity index (χ4v) is 2.28. The number of nitrogens with zero attached hydrogens (tertiary/aromatic N) is 3. The summed E-state index contributed by atoms with van der Waals surface area (Å²) in [6.45, 7) is 6.09. The Morgan fingerprint density at radius 3 is 2.65 bits per heavy atom. The van der Waals surface area contributed by atoms with Crippen LogP contribution in [0.1, 0.15) is 25.6 Å². The maximum absolute atomic E-state index is 5.64. The second kappa shape index (κ2) is 6.49. The number of halogens is 1. The van der Waals surface area contributed by atoms with Crippen molar-refractivity contribution in [2.75, 3.05) is 20.6 Å². The molecule has 5 nitrogen and oxygen atoms in total. The molecular formula is C11H22BrN5. The van der Waals surface area contributed by atoms with Crippen molar-refractivity contribution in [3.8, 4) is 0 Å². The molecule has 1 rings (SSSR count). The van der Waals surface area contributed by atoms with Gasteiger partial charge in [0.05, 0.1) is 29.0 Å². The van der Waals surface area contributed by atoms with Crippen LogP contribution in [0.25, 0.3) is 0 Å². The Morgan fingerprint density at radius 1 is 1.53 bits per heavy atom. The van der Waals surface area contributed by atoms with E-state index < -0.39 is 0 Å². The lowest BCUT2D eigenvalue weighted by Crippen LogP contribution is -2.34. The van der Waals surface area contributed by atoms with Crippen LogP contribution in [0.3, 0.4) is 0 Å². The van der Waals surface area contributed by atoms with Gasteiger partial charge in [0.15, 0.2) is 0 Å². The van der Waals surface area contributed by atoms with Gasteiger partial charge < -0.3 is 4.90 Å². The van der Waals surface area contributed by atoms with Gasteiger partial charge in [-0.25, -0.2) is 0 Å². The van der Waals surface area contributed by atoms with Crippen LogP contribution in [0.15, 0.2) is 10.7 Å². The first-order valence-electron chi connectivity index (χ1n) is 5.79. The van der Waals surface area contributed by atoms with Crippen molar-refractivity contribution in [2.24, 2.45) is 11.8 Å². The lowest BCUT2D eigenvalue weighted by atomic mass is 10.0. The smallest absolute Gasteiger partial charge is 0.0712 e. The first-order chi connectivity index (χ1) is 7.97. The SMILES string of the molecule is CC(C)C(NN)c1c(Br)cnn1CCN(C)C. The highest BCUT2D eigenvalue weighted by atomic mass is 79.9. The van der Waals surface area contributed by atoms with Crippen LogP contribution in [0, 0.1) is 5.92 Å². The fraction of sp³-hybridized carbons (Fsp3) is 0.727. The molecule has 1 aromatic heterocycles. The Balaban J connectivity index is 2.92. The zero-order valence-electron chi connectivity index (χ0n) is 10.9. The van der Waals surface area contributed by atoms with E-state index in [-0.39, 0.29) is 6.04 Å². The highest BCUT2D eigenvalue weighted by molar-refractivity contribution is 9.10. The van der Waals surface area contributed by atoms with Gasteiger partial charge in [0.25, 0.3) is 0 Å². The van der Waals surface area contributed by atoms with Crippen LogP contribution in [-0.4, -0.2) is 35.3 Å². The van der Waals surface area contributed by atoms with E-state index in [0.29, 0.717) is 5.92 Å². The molecule has 0 aliphatic rings. The van der Waals surface area contributed by atoms with E-state index in [1.165, 1.54) is 0 Å². The average Bonchev–Trinajstić information content (AvgIpc) is 2.59. The Labute approximate surface area is 111 Å². The molecule has 98 valence electrons. The Morgan fingerprint density at radius 2 is 2.18 bits per heavy atom. The summed E-state index contributed by atoms with van der Waals surface area (Å²) in [5, 5.41) is 4.39. The number of nitrogens with one attached hydrogen (secondary N) is 1. The van der Waals surface area contributed by atoms with E-state index in [4.69, 9.17) is 5.84 Å². The van der Waals surface area contributed by atoms with Gasteiger partial charge in [-0.15, -0.1) is 0 Å². The second-order valence-corrected chi connectivity index (χ2v) is 5.65. The summed E-state index contributed by atoms with van der Waals surface area (Å²) in [5.41, 5.74) is 3.98. The zero-order chi connectivity index (χ0) is 13.0. The van der Waals surface area contributed by atoms with Gasteiger partial charge in [0.2, 0.25) is 0 Å². The number of nitrogens with two attached hydrogens (primary N) is 1. The topological polar surface area (TPSA) is 59.1 Å². The molecule has 0 spiro atoms. The molecule has 0 bridgehead atoms. The molecule has 0 aromatic carbocycles. The van der Waals surface area contributed by atoms with Gasteiger partial charge in [-0.05, 0) is 35.9 Å². The summed E-state index contributed by atoms with van der Waals surface area (Å²) >= 11 is 3.54. The average molecular weight is 304 g/mol. The first kappa shape index (κ1) is 14.6. The van der Waals surface area contributed by atoms with Crippen LogP contribution in [0.4, 0.5) is 0 Å². The number of rotatable bonds is 6. The Kier molecular flexibility index (Phi) is 5.58. The van der Waals surface area contributed by atoms with Gasteiger partial charge in [-0.1, -0.05) is 13.8 Å². The molecule has 1 aromatic rings. The van der Waals surface area contributed by atoms with Gasteiger partial charge in [-0.2, -0.15) is 5.10 Å². The van der Waals surface area contributed by atoms with Crippen molar-refractivity contribution in [2.45, 2.75) is 26.4 Å². The van der Waals surface area contributed by atoms with E-state index >= 15 is 0 Å². The summed E-state index contributed by atoms with van der Waals surface area (Å²) in [7, 11) is 4.11. The molecule has 0 aliphatic carbocycles. The number of likely N-dealkylation sites (N-methyl/N-ethyl adjacent to an activating group) is 1. The van der Waals surface area contributed by atoms with Gasteiger partial charge in [-0.3, -0.25) is 16.0 Å². The summed E-state index contributed by atoms with van der Waals surface area (Å²) in [6, 6.07) is 0.106. The number of aromatic nitrogens is 2. The van der Waals surface area contributed by atoms with Crippen molar-refractivity contribution < 1.29 is 0 Å². The molecule has 6 heteroatoms. The normalized spacial score (nSPS) is 13.6. The van der Waals surface area contributed by atoms with Crippen LogP contribution in [0.2, 0.25) is 0 Å². The van der Waals surface area contributed by atoms with Crippen LogP contribution in [0.5, 0.6) is 0 Å². The predicted octanol–water partition coefficient (Wildman–Crippen LogP) is 1.37. The maximum Gasteiger partial charge on any atom is 0.0712 e. The van der Waals surface area contributed by atoms with Gasteiger partial charge in [0.1, 0.15) is 0 Å². The lowest BCUT2D eigenvalue weighted by molar-refractivity contribution is 0.345. The van der Waals surface area contributed by atoms with E-state index in [1.54, 1.807) is 0 Å². The third kappa shape index (κ3) is 3.77. The molecule has 1 unspecified atom stereocenters. The predicted molar refractivity (Wildman–Crippen MR) is 73.4 cm³/mol. The van der Waals surface area contributed by atoms with E-state index in [1.807, 2.05) is 10.9 Å². The summed E-state index contributed by atoms with van der Waals surface area (Å²) in [5.74, 6) is 6.04. The molecule has 0 saturated carbocycles. The van der Waals surface area contributed by atoms with Crippen LogP contribution < -0.4 is 11.3 Å². The minimum absolute atomic E-state index is 0.106. The van der Waals surface area contributed by atoms with Crippen molar-refractivity contribution >= 4 is 15.9 Å².